The fourth-order valence-corrected chi connectivity index (χ4v) is 5.78. The zero-order valence-electron chi connectivity index (χ0n) is 22.4. The quantitative estimate of drug-likeness (QED) is 0.312. The van der Waals surface area contributed by atoms with Crippen molar-refractivity contribution in [2.45, 2.75) is 84.2 Å². The average Bonchev–Trinajstić information content (AvgIpc) is 3.47. The molecule has 0 N–H and O–H groups in total. The van der Waals surface area contributed by atoms with Gasteiger partial charge in [-0.2, -0.15) is 15.2 Å². The molecule has 0 aliphatic heterocycles. The van der Waals surface area contributed by atoms with E-state index in [0.717, 1.165) is 37.7 Å². The van der Waals surface area contributed by atoms with Gasteiger partial charge in [0.15, 0.2) is 8.32 Å². The Morgan fingerprint density at radius 2 is 1.83 bits per heavy atom. The summed E-state index contributed by atoms with van der Waals surface area (Å²) in [6.45, 7) is 14.4. The maximum atomic E-state index is 12.0. The predicted octanol–water partition coefficient (Wildman–Crippen LogP) is 4.78. The lowest BCUT2D eigenvalue weighted by Gasteiger charge is -2.41. The van der Waals surface area contributed by atoms with Crippen molar-refractivity contribution in [1.82, 2.24) is 29.5 Å². The first kappa shape index (κ1) is 26.3. The summed E-state index contributed by atoms with van der Waals surface area (Å²) in [5.41, 5.74) is 1.77. The second-order valence-electron chi connectivity index (χ2n) is 11.0. The molecule has 0 spiro atoms. The summed E-state index contributed by atoms with van der Waals surface area (Å²) >= 11 is 0. The first-order valence-corrected chi connectivity index (χ1v) is 15.6. The minimum atomic E-state index is -1.75. The van der Waals surface area contributed by atoms with Gasteiger partial charge in [-0.3, -0.25) is 4.68 Å². The van der Waals surface area contributed by atoms with Gasteiger partial charge >= 0.3 is 5.97 Å². The summed E-state index contributed by atoms with van der Waals surface area (Å²) in [5, 5.41) is 9.05. The van der Waals surface area contributed by atoms with E-state index < -0.39 is 14.3 Å². The SMILES string of the molecule is CCOC(=O)c1cnn(-c2nc(OC)c3c(cnn3CC3CCC(O[Si](C)(C)C(C)(C)C)CC3)n2)c1. The van der Waals surface area contributed by atoms with Crippen LogP contribution in [0.4, 0.5) is 0 Å². The second-order valence-corrected chi connectivity index (χ2v) is 15.8. The van der Waals surface area contributed by atoms with Crippen LogP contribution in [-0.4, -0.2) is 63.6 Å². The van der Waals surface area contributed by atoms with Crippen molar-refractivity contribution in [2.75, 3.05) is 13.7 Å². The third-order valence-corrected chi connectivity index (χ3v) is 12.0. The van der Waals surface area contributed by atoms with Gasteiger partial charge in [0.1, 0.15) is 11.0 Å². The smallest absolute Gasteiger partial charge is 0.341 e. The number of aromatic nitrogens is 6. The van der Waals surface area contributed by atoms with Crippen LogP contribution in [0.3, 0.4) is 0 Å². The number of carbonyl (C=O) groups is 1. The number of nitrogens with zero attached hydrogens (tertiary/aromatic N) is 6. The Bertz CT molecular complexity index is 1210. The van der Waals surface area contributed by atoms with Crippen LogP contribution >= 0.6 is 0 Å². The highest BCUT2D eigenvalue weighted by molar-refractivity contribution is 6.74. The van der Waals surface area contributed by atoms with Crippen LogP contribution in [0.15, 0.2) is 18.6 Å². The van der Waals surface area contributed by atoms with Crippen LogP contribution in [0.5, 0.6) is 5.88 Å². The molecule has 1 saturated carbocycles. The number of ether oxygens (including phenoxy) is 2. The van der Waals surface area contributed by atoms with E-state index in [0.29, 0.717) is 41.5 Å². The van der Waals surface area contributed by atoms with E-state index >= 15 is 0 Å². The van der Waals surface area contributed by atoms with E-state index in [4.69, 9.17) is 13.9 Å². The van der Waals surface area contributed by atoms with E-state index in [1.807, 2.05) is 4.68 Å². The van der Waals surface area contributed by atoms with Crippen molar-refractivity contribution in [2.24, 2.45) is 5.92 Å². The van der Waals surface area contributed by atoms with E-state index in [9.17, 15) is 4.79 Å². The van der Waals surface area contributed by atoms with Crippen molar-refractivity contribution >= 4 is 25.3 Å². The maximum Gasteiger partial charge on any atom is 0.341 e. The molecule has 0 saturated heterocycles. The van der Waals surface area contributed by atoms with Crippen LogP contribution in [0.1, 0.15) is 63.7 Å². The molecule has 0 amide bonds. The highest BCUT2D eigenvalue weighted by atomic mass is 28.4. The maximum absolute atomic E-state index is 12.0. The summed E-state index contributed by atoms with van der Waals surface area (Å²) in [6.07, 6.45) is 9.43. The summed E-state index contributed by atoms with van der Waals surface area (Å²) in [4.78, 5) is 21.2. The van der Waals surface area contributed by atoms with Crippen molar-refractivity contribution in [3.63, 3.8) is 0 Å². The molecule has 0 radical (unpaired) electrons. The average molecular weight is 515 g/mol. The van der Waals surface area contributed by atoms with Gasteiger partial charge in [-0.05, 0) is 56.7 Å². The molecule has 36 heavy (non-hydrogen) atoms. The Kier molecular flexibility index (Phi) is 7.51. The molecule has 196 valence electrons. The second kappa shape index (κ2) is 10.3. The lowest BCUT2D eigenvalue weighted by atomic mass is 9.87. The molecule has 3 aromatic rings. The Labute approximate surface area is 213 Å². The van der Waals surface area contributed by atoms with Gasteiger partial charge in [-0.15, -0.1) is 0 Å². The highest BCUT2D eigenvalue weighted by Gasteiger charge is 2.39. The Balaban J connectivity index is 1.47. The zero-order chi connectivity index (χ0) is 26.1. The number of carbonyl (C=O) groups excluding carboxylic acids is 1. The van der Waals surface area contributed by atoms with E-state index in [1.54, 1.807) is 26.4 Å². The third-order valence-electron chi connectivity index (χ3n) is 7.43. The summed E-state index contributed by atoms with van der Waals surface area (Å²) in [7, 11) is -0.170. The van der Waals surface area contributed by atoms with Crippen molar-refractivity contribution < 1.29 is 18.7 Å². The monoisotopic (exact) mass is 514 g/mol. The van der Waals surface area contributed by atoms with Gasteiger partial charge in [0.25, 0.3) is 5.95 Å². The number of rotatable bonds is 8. The fraction of sp³-hybridized carbons (Fsp3) is 0.640. The topological polar surface area (TPSA) is 106 Å². The Morgan fingerprint density at radius 3 is 2.47 bits per heavy atom. The first-order chi connectivity index (χ1) is 17.0. The molecule has 0 aromatic carbocycles. The lowest BCUT2D eigenvalue weighted by Crippen LogP contribution is -2.44. The van der Waals surface area contributed by atoms with Crippen molar-refractivity contribution in [3.05, 3.63) is 24.2 Å². The van der Waals surface area contributed by atoms with Crippen LogP contribution in [-0.2, 0) is 15.7 Å². The molecular formula is C25H38N6O4Si. The van der Waals surface area contributed by atoms with E-state index in [2.05, 4.69) is 54.0 Å². The van der Waals surface area contributed by atoms with E-state index in [-0.39, 0.29) is 5.04 Å². The first-order valence-electron chi connectivity index (χ1n) is 12.7. The highest BCUT2D eigenvalue weighted by Crippen LogP contribution is 2.40. The molecule has 1 fully saturated rings. The Morgan fingerprint density at radius 1 is 1.11 bits per heavy atom. The van der Waals surface area contributed by atoms with Crippen molar-refractivity contribution in [3.8, 4) is 11.8 Å². The molecule has 4 rings (SSSR count). The molecule has 1 aliphatic carbocycles. The van der Waals surface area contributed by atoms with Gasteiger partial charge in [0.05, 0.1) is 31.7 Å². The molecule has 0 atom stereocenters. The van der Waals surface area contributed by atoms with Crippen LogP contribution < -0.4 is 4.74 Å². The van der Waals surface area contributed by atoms with Gasteiger partial charge in [-0.25, -0.2) is 14.5 Å². The molecule has 3 aromatic heterocycles. The fourth-order valence-electron chi connectivity index (χ4n) is 4.36. The number of hydrogen-bond acceptors (Lipinski definition) is 8. The molecular weight excluding hydrogens is 476 g/mol. The Hall–Kier alpha value is -2.79. The van der Waals surface area contributed by atoms with Crippen LogP contribution in [0.25, 0.3) is 17.0 Å². The standard InChI is InChI=1S/C25H38N6O4Si/c1-8-34-23(32)18-13-26-31(16-18)24-28-20-14-27-30(21(20)22(29-24)33-5)15-17-9-11-19(12-10-17)35-36(6,7)25(2,3)4/h13-14,16-17,19H,8-12,15H2,1-7H3. The predicted molar refractivity (Wildman–Crippen MR) is 139 cm³/mol. The molecule has 1 aliphatic rings. The molecule has 0 unspecified atom stereocenters. The summed E-state index contributed by atoms with van der Waals surface area (Å²) in [5.74, 6) is 0.803. The normalized spacial score (nSPS) is 19.0. The zero-order valence-corrected chi connectivity index (χ0v) is 23.4. The molecule has 0 bridgehead atoms. The van der Waals surface area contributed by atoms with Gasteiger partial charge in [0, 0.05) is 18.8 Å². The lowest BCUT2D eigenvalue weighted by molar-refractivity contribution is 0.0526. The largest absolute Gasteiger partial charge is 0.479 e. The van der Waals surface area contributed by atoms with Crippen LogP contribution in [0, 0.1) is 5.92 Å². The number of esters is 1. The van der Waals surface area contributed by atoms with Gasteiger partial charge in [0.2, 0.25) is 5.88 Å². The van der Waals surface area contributed by atoms with Gasteiger partial charge < -0.3 is 13.9 Å². The number of methoxy groups -OCH3 is 1. The minimum absolute atomic E-state index is 0.226. The van der Waals surface area contributed by atoms with Crippen molar-refractivity contribution in [1.29, 1.82) is 0 Å². The third kappa shape index (κ3) is 5.46. The molecule has 3 heterocycles. The minimum Gasteiger partial charge on any atom is -0.479 e. The molecule has 10 nitrogen and oxygen atoms in total. The molecule has 11 heteroatoms. The number of fused-ring (bicyclic) bond motifs is 1. The summed E-state index contributed by atoms with van der Waals surface area (Å²) < 4.78 is 20.7. The van der Waals surface area contributed by atoms with Crippen LogP contribution in [0.2, 0.25) is 18.1 Å². The summed E-state index contributed by atoms with van der Waals surface area (Å²) in [6, 6.07) is 0. The number of hydrogen-bond donors (Lipinski definition) is 0. The van der Waals surface area contributed by atoms with E-state index in [1.165, 1.54) is 10.9 Å². The van der Waals surface area contributed by atoms with Gasteiger partial charge in [-0.1, -0.05) is 20.8 Å².